The maximum atomic E-state index is 5.88. The Bertz CT molecular complexity index is 274. The van der Waals surface area contributed by atoms with Gasteiger partial charge >= 0.3 is 0 Å². The molecule has 0 saturated heterocycles. The molecule has 1 aromatic rings. The van der Waals surface area contributed by atoms with Crippen molar-refractivity contribution in [2.75, 3.05) is 0 Å². The summed E-state index contributed by atoms with van der Waals surface area (Å²) in [6.45, 7) is 8.88. The van der Waals surface area contributed by atoms with Crippen LogP contribution in [0.3, 0.4) is 0 Å². The van der Waals surface area contributed by atoms with E-state index in [1.807, 2.05) is 0 Å². The molecule has 0 aliphatic heterocycles. The van der Waals surface area contributed by atoms with Gasteiger partial charge in [0.25, 0.3) is 0 Å². The van der Waals surface area contributed by atoms with E-state index in [4.69, 9.17) is 11.6 Å². The van der Waals surface area contributed by atoms with Crippen LogP contribution in [-0.2, 0) is 5.88 Å². The lowest BCUT2D eigenvalue weighted by atomic mass is 9.93. The van der Waals surface area contributed by atoms with E-state index in [2.05, 4.69) is 45.9 Å². The van der Waals surface area contributed by atoms with E-state index in [-0.39, 0.29) is 0 Å². The highest BCUT2D eigenvalue weighted by molar-refractivity contribution is 6.17. The summed E-state index contributed by atoms with van der Waals surface area (Å²) in [4.78, 5) is 0. The molecular formula is C13H19Cl. The molecule has 0 aliphatic rings. The summed E-state index contributed by atoms with van der Waals surface area (Å²) in [5, 5.41) is 0. The molecule has 14 heavy (non-hydrogen) atoms. The Morgan fingerprint density at radius 1 is 0.929 bits per heavy atom. The number of benzene rings is 1. The average molecular weight is 211 g/mol. The van der Waals surface area contributed by atoms with E-state index in [1.165, 1.54) is 16.7 Å². The lowest BCUT2D eigenvalue weighted by molar-refractivity contribution is 0.830. The number of hydrogen-bond acceptors (Lipinski definition) is 0. The first-order chi connectivity index (χ1) is 6.54. The van der Waals surface area contributed by atoms with Crippen LogP contribution >= 0.6 is 11.6 Å². The Morgan fingerprint density at radius 2 is 1.36 bits per heavy atom. The molecule has 1 aromatic carbocycles. The number of hydrogen-bond donors (Lipinski definition) is 0. The second kappa shape index (κ2) is 4.84. The Labute approximate surface area is 92.3 Å². The van der Waals surface area contributed by atoms with Gasteiger partial charge in [-0.15, -0.1) is 11.6 Å². The lowest BCUT2D eigenvalue weighted by Gasteiger charge is -2.13. The van der Waals surface area contributed by atoms with Crippen LogP contribution < -0.4 is 0 Å². The molecule has 0 aromatic heterocycles. The minimum absolute atomic E-state index is 0.579. The zero-order valence-corrected chi connectivity index (χ0v) is 10.2. The summed E-state index contributed by atoms with van der Waals surface area (Å²) in [5.74, 6) is 1.77. The molecule has 0 bridgehead atoms. The maximum absolute atomic E-state index is 5.88. The van der Waals surface area contributed by atoms with Crippen molar-refractivity contribution in [3.8, 4) is 0 Å². The molecule has 1 heteroatoms. The van der Waals surface area contributed by atoms with Crippen molar-refractivity contribution in [1.29, 1.82) is 0 Å². The number of rotatable bonds is 3. The van der Waals surface area contributed by atoms with E-state index in [1.54, 1.807) is 0 Å². The van der Waals surface area contributed by atoms with Crippen LogP contribution in [0.1, 0.15) is 56.2 Å². The predicted octanol–water partition coefficient (Wildman–Crippen LogP) is 4.67. The molecular weight excluding hydrogens is 192 g/mol. The molecule has 0 heterocycles. The lowest BCUT2D eigenvalue weighted by Crippen LogP contribution is -1.95. The molecule has 0 aliphatic carbocycles. The standard InChI is InChI=1S/C13H19Cl/c1-9(2)12-5-11(8-14)6-13(7-12)10(3)4/h5-7,9-10H,8H2,1-4H3. The molecule has 78 valence electrons. The predicted molar refractivity (Wildman–Crippen MR) is 64.2 cm³/mol. The number of halogens is 1. The first-order valence-corrected chi connectivity index (χ1v) is 5.77. The first-order valence-electron chi connectivity index (χ1n) is 5.24. The second-order valence-corrected chi connectivity index (χ2v) is 4.72. The van der Waals surface area contributed by atoms with Crippen LogP contribution in [0, 0.1) is 0 Å². The van der Waals surface area contributed by atoms with Crippen LogP contribution in [0.4, 0.5) is 0 Å². The van der Waals surface area contributed by atoms with Crippen LogP contribution in [-0.4, -0.2) is 0 Å². The highest BCUT2D eigenvalue weighted by atomic mass is 35.5. The SMILES string of the molecule is CC(C)c1cc(CCl)cc(C(C)C)c1. The second-order valence-electron chi connectivity index (χ2n) is 4.45. The highest BCUT2D eigenvalue weighted by Crippen LogP contribution is 2.24. The zero-order valence-electron chi connectivity index (χ0n) is 9.47. The summed E-state index contributed by atoms with van der Waals surface area (Å²) >= 11 is 5.88. The Morgan fingerprint density at radius 3 is 1.64 bits per heavy atom. The van der Waals surface area contributed by atoms with Gasteiger partial charge in [-0.05, 0) is 28.5 Å². The average Bonchev–Trinajstić information content (AvgIpc) is 2.16. The van der Waals surface area contributed by atoms with Gasteiger partial charge in [-0.1, -0.05) is 45.9 Å². The molecule has 0 radical (unpaired) electrons. The third-order valence-electron chi connectivity index (χ3n) is 2.53. The smallest absolute Gasteiger partial charge is 0.0474 e. The summed E-state index contributed by atoms with van der Waals surface area (Å²) in [5.41, 5.74) is 4.03. The van der Waals surface area contributed by atoms with E-state index in [0.29, 0.717) is 17.7 Å². The van der Waals surface area contributed by atoms with Gasteiger partial charge in [0.1, 0.15) is 0 Å². The monoisotopic (exact) mass is 210 g/mol. The Kier molecular flexibility index (Phi) is 4.00. The molecule has 0 fully saturated rings. The Balaban J connectivity index is 3.13. The van der Waals surface area contributed by atoms with Crippen molar-refractivity contribution in [2.24, 2.45) is 0 Å². The van der Waals surface area contributed by atoms with E-state index >= 15 is 0 Å². The molecule has 0 N–H and O–H groups in total. The molecule has 0 saturated carbocycles. The van der Waals surface area contributed by atoms with Crippen molar-refractivity contribution in [3.05, 3.63) is 34.9 Å². The van der Waals surface area contributed by atoms with Crippen LogP contribution in [0.2, 0.25) is 0 Å². The van der Waals surface area contributed by atoms with Crippen molar-refractivity contribution < 1.29 is 0 Å². The topological polar surface area (TPSA) is 0 Å². The van der Waals surface area contributed by atoms with Gasteiger partial charge in [-0.2, -0.15) is 0 Å². The fourth-order valence-electron chi connectivity index (χ4n) is 1.49. The van der Waals surface area contributed by atoms with Crippen molar-refractivity contribution >= 4 is 11.6 Å². The Hall–Kier alpha value is -0.490. The van der Waals surface area contributed by atoms with Gasteiger partial charge in [0.2, 0.25) is 0 Å². The van der Waals surface area contributed by atoms with Gasteiger partial charge < -0.3 is 0 Å². The third-order valence-corrected chi connectivity index (χ3v) is 2.83. The quantitative estimate of drug-likeness (QED) is 0.636. The molecule has 0 amide bonds. The van der Waals surface area contributed by atoms with E-state index < -0.39 is 0 Å². The fourth-order valence-corrected chi connectivity index (χ4v) is 1.64. The normalized spacial score (nSPS) is 11.4. The van der Waals surface area contributed by atoms with Gasteiger partial charge in [0.15, 0.2) is 0 Å². The van der Waals surface area contributed by atoms with Gasteiger partial charge in [-0.3, -0.25) is 0 Å². The van der Waals surface area contributed by atoms with E-state index in [0.717, 1.165) is 0 Å². The van der Waals surface area contributed by atoms with Crippen LogP contribution in [0.5, 0.6) is 0 Å². The van der Waals surface area contributed by atoms with Crippen molar-refractivity contribution in [3.63, 3.8) is 0 Å². The van der Waals surface area contributed by atoms with Gasteiger partial charge in [-0.25, -0.2) is 0 Å². The highest BCUT2D eigenvalue weighted by Gasteiger charge is 2.06. The minimum atomic E-state index is 0.579. The minimum Gasteiger partial charge on any atom is -0.122 e. The largest absolute Gasteiger partial charge is 0.122 e. The number of alkyl halides is 1. The molecule has 0 atom stereocenters. The first kappa shape index (κ1) is 11.6. The molecule has 0 spiro atoms. The summed E-state index contributed by atoms with van der Waals surface area (Å²) < 4.78 is 0. The molecule has 0 nitrogen and oxygen atoms in total. The molecule has 1 rings (SSSR count). The van der Waals surface area contributed by atoms with Gasteiger partial charge in [0, 0.05) is 5.88 Å². The fraction of sp³-hybridized carbons (Fsp3) is 0.538. The van der Waals surface area contributed by atoms with Crippen LogP contribution in [0.15, 0.2) is 18.2 Å². The zero-order chi connectivity index (χ0) is 10.7. The van der Waals surface area contributed by atoms with Crippen LogP contribution in [0.25, 0.3) is 0 Å². The van der Waals surface area contributed by atoms with Crippen molar-refractivity contribution in [1.82, 2.24) is 0 Å². The van der Waals surface area contributed by atoms with Gasteiger partial charge in [0.05, 0.1) is 0 Å². The third kappa shape index (κ3) is 2.75. The summed E-state index contributed by atoms with van der Waals surface area (Å²) in [7, 11) is 0. The van der Waals surface area contributed by atoms with E-state index in [9.17, 15) is 0 Å². The van der Waals surface area contributed by atoms with Crippen molar-refractivity contribution in [2.45, 2.75) is 45.4 Å². The molecule has 0 unspecified atom stereocenters. The summed E-state index contributed by atoms with van der Waals surface area (Å²) in [6.07, 6.45) is 0. The summed E-state index contributed by atoms with van der Waals surface area (Å²) in [6, 6.07) is 6.72. The maximum Gasteiger partial charge on any atom is 0.0474 e.